The van der Waals surface area contributed by atoms with E-state index in [9.17, 15) is 4.79 Å². The van der Waals surface area contributed by atoms with E-state index < -0.39 is 0 Å². The first-order valence-corrected chi connectivity index (χ1v) is 9.60. The van der Waals surface area contributed by atoms with Crippen molar-refractivity contribution in [3.8, 4) is 0 Å². The molecule has 0 aliphatic carbocycles. The Kier molecular flexibility index (Phi) is 6.30. The number of carbonyl (C=O) groups is 1. The Balaban J connectivity index is 1.73. The fraction of sp³-hybridized carbons (Fsp3) is 0.273. The van der Waals surface area contributed by atoms with E-state index in [1.54, 1.807) is 7.05 Å². The van der Waals surface area contributed by atoms with Gasteiger partial charge in [-0.3, -0.25) is 4.79 Å². The van der Waals surface area contributed by atoms with Gasteiger partial charge >= 0.3 is 0 Å². The molecule has 0 bridgehead atoms. The minimum Gasteiger partial charge on any atom is -0.379 e. The maximum atomic E-state index is 12.5. The fourth-order valence-corrected chi connectivity index (χ4v) is 3.06. The van der Waals surface area contributed by atoms with E-state index in [1.807, 2.05) is 30.3 Å². The number of hydrogen-bond donors (Lipinski definition) is 1. The van der Waals surface area contributed by atoms with E-state index in [4.69, 9.17) is 11.6 Å². The monoisotopic (exact) mass is 381 g/mol. The first-order valence-electron chi connectivity index (χ1n) is 9.23. The molecule has 1 N–H and O–H groups in total. The van der Waals surface area contributed by atoms with Gasteiger partial charge in [0.25, 0.3) is 5.91 Å². The summed E-state index contributed by atoms with van der Waals surface area (Å²) in [6.07, 6.45) is 5.38. The molecule has 1 amide bonds. The lowest BCUT2D eigenvalue weighted by molar-refractivity contribution is -0.124. The van der Waals surface area contributed by atoms with Gasteiger partial charge in [0.2, 0.25) is 0 Å². The highest BCUT2D eigenvalue weighted by molar-refractivity contribution is 6.30. The molecule has 0 fully saturated rings. The second kappa shape index (κ2) is 8.87. The summed E-state index contributed by atoms with van der Waals surface area (Å²) in [5.74, 6) is -0.0852. The summed E-state index contributed by atoms with van der Waals surface area (Å²) in [6.45, 7) is 2.66. The number of carbonyl (C=O) groups excluding carboxylic acids is 1. The summed E-state index contributed by atoms with van der Waals surface area (Å²) in [4.78, 5) is 12.5. The van der Waals surface area contributed by atoms with Crippen LogP contribution in [0.15, 0.2) is 59.2 Å². The van der Waals surface area contributed by atoms with Crippen LogP contribution in [0.5, 0.6) is 0 Å². The Bertz CT molecular complexity index is 854. The normalized spacial score (nSPS) is 15.4. The van der Waals surface area contributed by atoms with Crippen molar-refractivity contribution in [3.05, 3.63) is 70.3 Å². The fourth-order valence-electron chi connectivity index (χ4n) is 2.94. The van der Waals surface area contributed by atoms with E-state index >= 15 is 0 Å². The number of benzene rings is 2. The molecule has 0 saturated carbocycles. The van der Waals surface area contributed by atoms with Gasteiger partial charge in [0.05, 0.1) is 17.8 Å². The Labute approximate surface area is 165 Å². The number of unbranched alkanes of at least 4 members (excludes halogenated alkanes) is 1. The first-order chi connectivity index (χ1) is 13.1. The van der Waals surface area contributed by atoms with Gasteiger partial charge < -0.3 is 5.32 Å². The lowest BCUT2D eigenvalue weighted by atomic mass is 10.0. The zero-order valence-electron chi connectivity index (χ0n) is 15.7. The van der Waals surface area contributed by atoms with Gasteiger partial charge in [-0.05, 0) is 54.3 Å². The Morgan fingerprint density at radius 3 is 2.48 bits per heavy atom. The smallest absolute Gasteiger partial charge is 0.275 e. The molecule has 0 aromatic heterocycles. The Morgan fingerprint density at radius 2 is 1.81 bits per heavy atom. The lowest BCUT2D eigenvalue weighted by Crippen LogP contribution is -2.19. The van der Waals surface area contributed by atoms with E-state index in [0.29, 0.717) is 17.1 Å². The van der Waals surface area contributed by atoms with Crippen molar-refractivity contribution in [2.24, 2.45) is 5.10 Å². The molecule has 0 unspecified atom stereocenters. The number of nitrogens with one attached hydrogen (secondary N) is 1. The van der Waals surface area contributed by atoms with Gasteiger partial charge in [-0.1, -0.05) is 49.2 Å². The van der Waals surface area contributed by atoms with Gasteiger partial charge in [-0.15, -0.1) is 0 Å². The summed E-state index contributed by atoms with van der Waals surface area (Å²) in [5.41, 5.74) is 4.62. The highest BCUT2D eigenvalue weighted by Gasteiger charge is 2.27. The Morgan fingerprint density at radius 1 is 1.11 bits per heavy atom. The third-order valence-electron chi connectivity index (χ3n) is 4.52. The van der Waals surface area contributed by atoms with E-state index in [1.165, 1.54) is 23.4 Å². The summed E-state index contributed by atoms with van der Waals surface area (Å²) < 4.78 is 0. The van der Waals surface area contributed by atoms with Crippen molar-refractivity contribution >= 4 is 35.0 Å². The predicted molar refractivity (Wildman–Crippen MR) is 113 cm³/mol. The van der Waals surface area contributed by atoms with Gasteiger partial charge in [-0.2, -0.15) is 5.10 Å². The number of halogens is 1. The van der Waals surface area contributed by atoms with Crippen LogP contribution in [-0.2, 0) is 11.2 Å². The molecule has 1 aliphatic rings. The second-order valence-corrected chi connectivity index (χ2v) is 7.08. The summed E-state index contributed by atoms with van der Waals surface area (Å²) in [7, 11) is 1.68. The molecular formula is C22H24ClN3O. The van der Waals surface area contributed by atoms with Crippen LogP contribution in [0.3, 0.4) is 0 Å². The quantitative estimate of drug-likeness (QED) is 0.685. The van der Waals surface area contributed by atoms with Crippen LogP contribution in [-0.4, -0.2) is 30.2 Å². The third-order valence-corrected chi connectivity index (χ3v) is 4.77. The number of likely N-dealkylation sites (N-methyl/N-ethyl adjacent to an activating group) is 1. The molecule has 0 atom stereocenters. The van der Waals surface area contributed by atoms with Crippen molar-refractivity contribution in [2.75, 3.05) is 18.9 Å². The molecule has 0 saturated heterocycles. The molecule has 3 rings (SSSR count). The van der Waals surface area contributed by atoms with Gasteiger partial charge in [-0.25, -0.2) is 5.01 Å². The van der Waals surface area contributed by atoms with E-state index in [2.05, 4.69) is 41.6 Å². The molecule has 27 heavy (non-hydrogen) atoms. The number of aryl methyl sites for hydroxylation is 1. The number of anilines is 1. The summed E-state index contributed by atoms with van der Waals surface area (Å²) in [5, 5.41) is 9.76. The van der Waals surface area contributed by atoms with Crippen LogP contribution in [0.2, 0.25) is 5.02 Å². The number of amides is 1. The molecular weight excluding hydrogens is 358 g/mol. The van der Waals surface area contributed by atoms with Gasteiger partial charge in [0.1, 0.15) is 0 Å². The topological polar surface area (TPSA) is 44.7 Å². The average molecular weight is 382 g/mol. The van der Waals surface area contributed by atoms with Crippen LogP contribution >= 0.6 is 11.6 Å². The predicted octanol–water partition coefficient (Wildman–Crippen LogP) is 5.01. The maximum Gasteiger partial charge on any atom is 0.275 e. The summed E-state index contributed by atoms with van der Waals surface area (Å²) >= 11 is 5.92. The van der Waals surface area contributed by atoms with Gasteiger partial charge in [0, 0.05) is 17.8 Å². The third kappa shape index (κ3) is 4.98. The molecule has 5 heteroatoms. The molecule has 0 radical (unpaired) electrons. The van der Waals surface area contributed by atoms with Crippen molar-refractivity contribution in [2.45, 2.75) is 26.2 Å². The van der Waals surface area contributed by atoms with Gasteiger partial charge in [0.15, 0.2) is 0 Å². The van der Waals surface area contributed by atoms with Crippen LogP contribution < -0.4 is 5.32 Å². The van der Waals surface area contributed by atoms with Crippen molar-refractivity contribution in [1.29, 1.82) is 0 Å². The van der Waals surface area contributed by atoms with E-state index in [-0.39, 0.29) is 5.91 Å². The van der Waals surface area contributed by atoms with Crippen LogP contribution in [0.4, 0.5) is 5.69 Å². The molecule has 2 aromatic rings. The van der Waals surface area contributed by atoms with Crippen molar-refractivity contribution < 1.29 is 4.79 Å². The lowest BCUT2D eigenvalue weighted by Gasteiger charge is -2.07. The average Bonchev–Trinajstić information content (AvgIpc) is 2.95. The van der Waals surface area contributed by atoms with Crippen molar-refractivity contribution in [1.82, 2.24) is 5.01 Å². The highest BCUT2D eigenvalue weighted by atomic mass is 35.5. The first kappa shape index (κ1) is 19.2. The number of hydrazone groups is 1. The minimum absolute atomic E-state index is 0.0852. The van der Waals surface area contributed by atoms with E-state index in [0.717, 1.165) is 23.4 Å². The van der Waals surface area contributed by atoms with Crippen LogP contribution in [0.25, 0.3) is 6.08 Å². The van der Waals surface area contributed by atoms with Crippen molar-refractivity contribution in [3.63, 3.8) is 0 Å². The molecule has 140 valence electrons. The maximum absolute atomic E-state index is 12.5. The zero-order valence-corrected chi connectivity index (χ0v) is 16.5. The Hall–Kier alpha value is -2.59. The standard InChI is InChI=1S/C22H24ClN3O/c1-3-4-5-16-6-8-17(9-7-16)14-20-21(25-26(2)22(20)27)15-24-19-12-10-18(23)11-13-19/h6-14,24H,3-5,15H2,1-2H3/b20-14+. The molecule has 2 aromatic carbocycles. The summed E-state index contributed by atoms with van der Waals surface area (Å²) in [6, 6.07) is 15.9. The molecule has 4 nitrogen and oxygen atoms in total. The molecule has 1 aliphatic heterocycles. The number of nitrogens with zero attached hydrogens (tertiary/aromatic N) is 2. The largest absolute Gasteiger partial charge is 0.379 e. The van der Waals surface area contributed by atoms with Crippen LogP contribution in [0.1, 0.15) is 30.9 Å². The number of rotatable bonds is 7. The molecule has 1 heterocycles. The zero-order chi connectivity index (χ0) is 19.2. The SMILES string of the molecule is CCCCc1ccc(/C=C2/C(=O)N(C)N=C2CNc2ccc(Cl)cc2)cc1. The second-order valence-electron chi connectivity index (χ2n) is 6.64. The highest BCUT2D eigenvalue weighted by Crippen LogP contribution is 2.19. The molecule has 0 spiro atoms. The van der Waals surface area contributed by atoms with Crippen LogP contribution in [0, 0.1) is 0 Å². The number of hydrogen-bond acceptors (Lipinski definition) is 3. The minimum atomic E-state index is -0.0852.